The Balaban J connectivity index is 1.83. The summed E-state index contributed by atoms with van der Waals surface area (Å²) >= 11 is 1.11. The molecule has 1 aliphatic heterocycles. The van der Waals surface area contributed by atoms with Crippen LogP contribution in [0, 0.1) is 34.0 Å². The third-order valence-corrected chi connectivity index (χ3v) is 5.87. The molecule has 0 spiro atoms. The first-order chi connectivity index (χ1) is 13.8. The van der Waals surface area contributed by atoms with E-state index < -0.39 is 17.2 Å². The molecule has 0 fully saturated rings. The summed E-state index contributed by atoms with van der Waals surface area (Å²) in [5.41, 5.74) is 0.551. The molecule has 1 aromatic rings. The molecule has 1 aliphatic rings. The molecular formula is C21H25N5O2S. The number of anilines is 1. The summed E-state index contributed by atoms with van der Waals surface area (Å²) in [5.74, 6) is -1.46. The molecule has 0 saturated heterocycles. The molecule has 0 unspecified atom stereocenters. The zero-order chi connectivity index (χ0) is 21.4. The Bertz CT molecular complexity index is 867. The van der Waals surface area contributed by atoms with Crippen molar-refractivity contribution in [3.63, 3.8) is 0 Å². The summed E-state index contributed by atoms with van der Waals surface area (Å²) in [7, 11) is 2.00. The van der Waals surface area contributed by atoms with Gasteiger partial charge in [0.2, 0.25) is 11.8 Å². The van der Waals surface area contributed by atoms with Crippen LogP contribution in [0.3, 0.4) is 0 Å². The smallest absolute Gasteiger partial charge is 0.243 e. The van der Waals surface area contributed by atoms with Crippen molar-refractivity contribution in [3.05, 3.63) is 40.9 Å². The molecule has 0 saturated carbocycles. The van der Waals surface area contributed by atoms with Gasteiger partial charge in [-0.05, 0) is 18.6 Å². The number of rotatable bonds is 8. The van der Waals surface area contributed by atoms with Gasteiger partial charge in [0.25, 0.3) is 0 Å². The van der Waals surface area contributed by atoms with E-state index >= 15 is 0 Å². The SMILES string of the molecule is CN(CCCNC(=O)CSC1=C(C#N)C(C)(C)[C@H](C#N)C(=O)N1)c1ccccc1. The quantitative estimate of drug-likeness (QED) is 0.636. The fourth-order valence-electron chi connectivity index (χ4n) is 3.08. The van der Waals surface area contributed by atoms with Crippen LogP contribution in [0.15, 0.2) is 40.9 Å². The lowest BCUT2D eigenvalue weighted by atomic mass is 9.72. The highest BCUT2D eigenvalue weighted by Gasteiger charge is 2.44. The van der Waals surface area contributed by atoms with E-state index in [0.717, 1.165) is 30.4 Å². The van der Waals surface area contributed by atoms with Crippen molar-refractivity contribution in [2.45, 2.75) is 20.3 Å². The highest BCUT2D eigenvalue weighted by Crippen LogP contribution is 2.41. The first kappa shape index (κ1) is 22.3. The van der Waals surface area contributed by atoms with E-state index in [9.17, 15) is 20.1 Å². The zero-order valence-electron chi connectivity index (χ0n) is 16.9. The van der Waals surface area contributed by atoms with Crippen LogP contribution in [-0.2, 0) is 9.59 Å². The Morgan fingerprint density at radius 3 is 2.62 bits per heavy atom. The van der Waals surface area contributed by atoms with Crippen molar-refractivity contribution < 1.29 is 9.59 Å². The number of thioether (sulfide) groups is 1. The van der Waals surface area contributed by atoms with E-state index in [-0.39, 0.29) is 11.7 Å². The predicted molar refractivity (Wildman–Crippen MR) is 113 cm³/mol. The van der Waals surface area contributed by atoms with Gasteiger partial charge in [-0.1, -0.05) is 43.8 Å². The van der Waals surface area contributed by atoms with E-state index in [1.807, 2.05) is 43.4 Å². The maximum absolute atomic E-state index is 12.2. The summed E-state index contributed by atoms with van der Waals surface area (Å²) in [6.45, 7) is 4.74. The predicted octanol–water partition coefficient (Wildman–Crippen LogP) is 2.39. The average molecular weight is 412 g/mol. The number of hydrogen-bond acceptors (Lipinski definition) is 6. The molecule has 8 heteroatoms. The van der Waals surface area contributed by atoms with Crippen LogP contribution in [0.5, 0.6) is 0 Å². The van der Waals surface area contributed by atoms with Crippen molar-refractivity contribution in [2.24, 2.45) is 11.3 Å². The van der Waals surface area contributed by atoms with Gasteiger partial charge in [-0.15, -0.1) is 0 Å². The molecule has 1 heterocycles. The Kier molecular flexibility index (Phi) is 7.69. The number of nitriles is 2. The average Bonchev–Trinajstić information content (AvgIpc) is 2.69. The minimum Gasteiger partial charge on any atom is -0.375 e. The Morgan fingerprint density at radius 1 is 1.31 bits per heavy atom. The Labute approximate surface area is 175 Å². The molecule has 0 bridgehead atoms. The van der Waals surface area contributed by atoms with Gasteiger partial charge in [0, 0.05) is 31.2 Å². The molecule has 2 amide bonds. The topological polar surface area (TPSA) is 109 Å². The molecular weight excluding hydrogens is 386 g/mol. The number of nitrogens with zero attached hydrogens (tertiary/aromatic N) is 3. The number of hydrogen-bond donors (Lipinski definition) is 2. The van der Waals surface area contributed by atoms with Gasteiger partial charge in [0.15, 0.2) is 0 Å². The highest BCUT2D eigenvalue weighted by atomic mass is 32.2. The fraction of sp³-hybridized carbons (Fsp3) is 0.429. The third kappa shape index (κ3) is 5.52. The maximum atomic E-state index is 12.2. The first-order valence-electron chi connectivity index (χ1n) is 9.32. The molecule has 0 aliphatic carbocycles. The summed E-state index contributed by atoms with van der Waals surface area (Å²) in [5, 5.41) is 24.5. The zero-order valence-corrected chi connectivity index (χ0v) is 17.7. The van der Waals surface area contributed by atoms with E-state index in [0.29, 0.717) is 17.1 Å². The molecule has 2 rings (SSSR count). The lowest BCUT2D eigenvalue weighted by Gasteiger charge is -2.34. The number of benzene rings is 1. The first-order valence-corrected chi connectivity index (χ1v) is 10.3. The van der Waals surface area contributed by atoms with Crippen LogP contribution in [0.25, 0.3) is 0 Å². The fourth-order valence-corrected chi connectivity index (χ4v) is 4.08. The lowest BCUT2D eigenvalue weighted by molar-refractivity contribution is -0.125. The number of carbonyl (C=O) groups excluding carboxylic acids is 2. The summed E-state index contributed by atoms with van der Waals surface area (Å²) in [6, 6.07) is 14.1. The van der Waals surface area contributed by atoms with Gasteiger partial charge in [0.05, 0.1) is 28.5 Å². The summed E-state index contributed by atoms with van der Waals surface area (Å²) < 4.78 is 0. The highest BCUT2D eigenvalue weighted by molar-refractivity contribution is 8.03. The number of amides is 2. The van der Waals surface area contributed by atoms with E-state index in [4.69, 9.17) is 0 Å². The van der Waals surface area contributed by atoms with Gasteiger partial charge in [-0.3, -0.25) is 9.59 Å². The van der Waals surface area contributed by atoms with Gasteiger partial charge >= 0.3 is 0 Å². The van der Waals surface area contributed by atoms with Gasteiger partial charge in [0.1, 0.15) is 5.92 Å². The Morgan fingerprint density at radius 2 is 2.00 bits per heavy atom. The molecule has 2 N–H and O–H groups in total. The minimum absolute atomic E-state index is 0.0859. The van der Waals surface area contributed by atoms with Crippen LogP contribution >= 0.6 is 11.8 Å². The number of para-hydroxylation sites is 1. The molecule has 0 aromatic heterocycles. The number of nitrogens with one attached hydrogen (secondary N) is 2. The minimum atomic E-state index is -0.933. The van der Waals surface area contributed by atoms with Crippen LogP contribution in [0.4, 0.5) is 5.69 Å². The van der Waals surface area contributed by atoms with Gasteiger partial charge in [-0.2, -0.15) is 10.5 Å². The lowest BCUT2D eigenvalue weighted by Crippen LogP contribution is -2.44. The number of allylic oxidation sites excluding steroid dienone is 1. The third-order valence-electron chi connectivity index (χ3n) is 4.87. The van der Waals surface area contributed by atoms with Crippen LogP contribution in [0.2, 0.25) is 0 Å². The van der Waals surface area contributed by atoms with E-state index in [1.54, 1.807) is 13.8 Å². The molecule has 1 aromatic carbocycles. The van der Waals surface area contributed by atoms with Crippen LogP contribution in [0.1, 0.15) is 20.3 Å². The number of carbonyl (C=O) groups is 2. The van der Waals surface area contributed by atoms with Crippen molar-refractivity contribution in [1.29, 1.82) is 10.5 Å². The second-order valence-corrected chi connectivity index (χ2v) is 8.32. The van der Waals surface area contributed by atoms with Crippen molar-refractivity contribution in [1.82, 2.24) is 10.6 Å². The molecule has 1 atom stereocenters. The van der Waals surface area contributed by atoms with E-state index in [1.165, 1.54) is 0 Å². The van der Waals surface area contributed by atoms with Crippen LogP contribution < -0.4 is 15.5 Å². The summed E-state index contributed by atoms with van der Waals surface area (Å²) in [4.78, 5) is 26.4. The van der Waals surface area contributed by atoms with Gasteiger partial charge < -0.3 is 15.5 Å². The van der Waals surface area contributed by atoms with E-state index in [2.05, 4.69) is 21.6 Å². The van der Waals surface area contributed by atoms with Crippen molar-refractivity contribution in [3.8, 4) is 12.1 Å². The second-order valence-electron chi connectivity index (χ2n) is 7.34. The molecule has 152 valence electrons. The molecule has 29 heavy (non-hydrogen) atoms. The monoisotopic (exact) mass is 411 g/mol. The standard InChI is InChI=1S/C21H25N5O2S/c1-21(2)16(12-22)19(28)25-20(17(21)13-23)29-14-18(27)24-10-7-11-26(3)15-8-5-4-6-9-15/h4-6,8-9,16H,7,10-11,14H2,1-3H3,(H,24,27)(H,25,28)/t16-/m1/s1. The van der Waals surface area contributed by atoms with Crippen LogP contribution in [-0.4, -0.2) is 37.7 Å². The molecule has 7 nitrogen and oxygen atoms in total. The summed E-state index contributed by atoms with van der Waals surface area (Å²) in [6.07, 6.45) is 0.793. The molecule has 0 radical (unpaired) electrons. The maximum Gasteiger partial charge on any atom is 0.243 e. The normalized spacial score (nSPS) is 17.7. The second kappa shape index (κ2) is 9.99. The largest absolute Gasteiger partial charge is 0.375 e. The van der Waals surface area contributed by atoms with Gasteiger partial charge in [-0.25, -0.2) is 0 Å². The Hall–Kier alpha value is -2.97. The van der Waals surface area contributed by atoms with Crippen molar-refractivity contribution >= 4 is 29.3 Å². The van der Waals surface area contributed by atoms with Crippen molar-refractivity contribution in [2.75, 3.05) is 30.8 Å².